The van der Waals surface area contributed by atoms with E-state index in [-0.39, 0.29) is 17.1 Å². The maximum Gasteiger partial charge on any atom is 0.267 e. The van der Waals surface area contributed by atoms with Crippen LogP contribution in [0.1, 0.15) is 44.1 Å². The van der Waals surface area contributed by atoms with Gasteiger partial charge < -0.3 is 4.74 Å². The van der Waals surface area contributed by atoms with E-state index >= 15 is 0 Å². The van der Waals surface area contributed by atoms with Crippen LogP contribution in [0.15, 0.2) is 34.2 Å². The molecule has 5 nitrogen and oxygen atoms in total. The summed E-state index contributed by atoms with van der Waals surface area (Å²) in [7, 11) is 1.61. The first kappa shape index (κ1) is 21.1. The number of methoxy groups -OCH3 is 1. The van der Waals surface area contributed by atoms with E-state index in [4.69, 9.17) is 9.72 Å². The van der Waals surface area contributed by atoms with Crippen LogP contribution in [0, 0.1) is 5.41 Å². The van der Waals surface area contributed by atoms with E-state index in [1.165, 1.54) is 16.6 Å². The molecule has 0 saturated carbocycles. The standard InChI is InChI=1S/C23H26N2O3S2/c1-23(2,3)18(26)13-29-22-24-20-19(16-10-5-6-11-17(16)30-20)21(27)25(22)14-8-7-9-15(12-14)28-4/h7-9,12H,5-6,10-11,13H2,1-4H3. The minimum Gasteiger partial charge on any atom is -0.497 e. The van der Waals surface area contributed by atoms with Crippen molar-refractivity contribution in [3.63, 3.8) is 0 Å². The summed E-state index contributed by atoms with van der Waals surface area (Å²) < 4.78 is 7.01. The van der Waals surface area contributed by atoms with Crippen LogP contribution >= 0.6 is 23.1 Å². The average molecular weight is 443 g/mol. The summed E-state index contributed by atoms with van der Waals surface area (Å²) >= 11 is 2.97. The van der Waals surface area contributed by atoms with Crippen molar-refractivity contribution in [1.29, 1.82) is 0 Å². The predicted octanol–water partition coefficient (Wildman–Crippen LogP) is 5.04. The van der Waals surface area contributed by atoms with Gasteiger partial charge >= 0.3 is 0 Å². The summed E-state index contributed by atoms with van der Waals surface area (Å²) in [5.74, 6) is 1.08. The van der Waals surface area contributed by atoms with Crippen molar-refractivity contribution in [1.82, 2.24) is 9.55 Å². The number of carbonyl (C=O) groups is 1. The molecule has 0 saturated heterocycles. The van der Waals surface area contributed by atoms with Gasteiger partial charge in [-0.15, -0.1) is 11.3 Å². The number of carbonyl (C=O) groups excluding carboxylic acids is 1. The van der Waals surface area contributed by atoms with Gasteiger partial charge in [-0.05, 0) is 43.4 Å². The first-order valence-corrected chi connectivity index (χ1v) is 12.0. The smallest absolute Gasteiger partial charge is 0.267 e. The highest BCUT2D eigenvalue weighted by Gasteiger charge is 2.25. The van der Waals surface area contributed by atoms with Crippen molar-refractivity contribution in [3.05, 3.63) is 45.1 Å². The number of thiophene rings is 1. The minimum absolute atomic E-state index is 0.0571. The molecule has 30 heavy (non-hydrogen) atoms. The quantitative estimate of drug-likeness (QED) is 0.409. The number of aromatic nitrogens is 2. The highest BCUT2D eigenvalue weighted by molar-refractivity contribution is 7.99. The van der Waals surface area contributed by atoms with E-state index < -0.39 is 5.41 Å². The number of aryl methyl sites for hydroxylation is 2. The molecule has 3 aromatic rings. The number of ether oxygens (including phenoxy) is 1. The molecular formula is C23H26N2O3S2. The average Bonchev–Trinajstić information content (AvgIpc) is 3.10. The fourth-order valence-corrected chi connectivity index (χ4v) is 6.08. The van der Waals surface area contributed by atoms with E-state index in [0.29, 0.717) is 16.6 Å². The third kappa shape index (κ3) is 3.93. The third-order valence-corrected chi connectivity index (χ3v) is 7.56. The van der Waals surface area contributed by atoms with Crippen molar-refractivity contribution in [2.24, 2.45) is 5.41 Å². The molecule has 2 heterocycles. The first-order chi connectivity index (χ1) is 14.3. The molecule has 0 radical (unpaired) electrons. The summed E-state index contributed by atoms with van der Waals surface area (Å²) in [5.41, 5.74) is 1.38. The molecule has 1 aromatic carbocycles. The summed E-state index contributed by atoms with van der Waals surface area (Å²) in [4.78, 5) is 33.2. The van der Waals surface area contributed by atoms with Crippen LogP contribution in [0.4, 0.5) is 0 Å². The summed E-state index contributed by atoms with van der Waals surface area (Å²) in [5, 5.41) is 1.29. The number of fused-ring (bicyclic) bond motifs is 3. The molecule has 0 unspecified atom stereocenters. The zero-order valence-corrected chi connectivity index (χ0v) is 19.4. The van der Waals surface area contributed by atoms with E-state index in [1.54, 1.807) is 23.0 Å². The maximum absolute atomic E-state index is 13.7. The molecular weight excluding hydrogens is 416 g/mol. The third-order valence-electron chi connectivity index (χ3n) is 5.44. The molecule has 0 bridgehead atoms. The van der Waals surface area contributed by atoms with Crippen molar-refractivity contribution in [2.75, 3.05) is 12.9 Å². The monoisotopic (exact) mass is 442 g/mol. The Morgan fingerprint density at radius 1 is 1.27 bits per heavy atom. The molecule has 0 N–H and O–H groups in total. The fraction of sp³-hybridized carbons (Fsp3) is 0.435. The lowest BCUT2D eigenvalue weighted by molar-refractivity contribution is -0.123. The molecule has 0 fully saturated rings. The lowest BCUT2D eigenvalue weighted by Crippen LogP contribution is -2.25. The molecule has 0 atom stereocenters. The summed E-state index contributed by atoms with van der Waals surface area (Å²) in [6.07, 6.45) is 4.21. The van der Waals surface area contributed by atoms with Gasteiger partial charge in [-0.25, -0.2) is 4.98 Å². The van der Waals surface area contributed by atoms with Gasteiger partial charge in [0.05, 0.1) is 23.9 Å². The molecule has 158 valence electrons. The number of benzene rings is 1. The molecule has 7 heteroatoms. The Bertz CT molecular complexity index is 1170. The van der Waals surface area contributed by atoms with Gasteiger partial charge in [-0.3, -0.25) is 14.2 Å². The summed E-state index contributed by atoms with van der Waals surface area (Å²) in [6, 6.07) is 7.43. The Labute approximate surface area is 184 Å². The van der Waals surface area contributed by atoms with Gasteiger partial charge in [-0.1, -0.05) is 38.6 Å². The maximum atomic E-state index is 13.7. The van der Waals surface area contributed by atoms with Crippen molar-refractivity contribution >= 4 is 39.1 Å². The Morgan fingerprint density at radius 2 is 2.03 bits per heavy atom. The second-order valence-corrected chi connectivity index (χ2v) is 10.6. The lowest BCUT2D eigenvalue weighted by atomic mass is 9.92. The molecule has 2 aromatic heterocycles. The van der Waals surface area contributed by atoms with Crippen molar-refractivity contribution in [2.45, 2.75) is 51.6 Å². The van der Waals surface area contributed by atoms with Crippen LogP contribution in [-0.4, -0.2) is 28.2 Å². The SMILES string of the molecule is COc1cccc(-n2c(SCC(=O)C(C)(C)C)nc3sc4c(c3c2=O)CCCC4)c1. The molecule has 0 spiro atoms. The molecule has 0 amide bonds. The highest BCUT2D eigenvalue weighted by Crippen LogP contribution is 2.35. The zero-order chi connectivity index (χ0) is 21.5. The Balaban J connectivity index is 1.89. The predicted molar refractivity (Wildman–Crippen MR) is 124 cm³/mol. The molecule has 0 aliphatic heterocycles. The van der Waals surface area contributed by atoms with Crippen LogP contribution < -0.4 is 10.3 Å². The van der Waals surface area contributed by atoms with Gasteiger partial charge in [0, 0.05) is 16.4 Å². The van der Waals surface area contributed by atoms with Crippen molar-refractivity contribution < 1.29 is 9.53 Å². The first-order valence-electron chi connectivity index (χ1n) is 10.2. The van der Waals surface area contributed by atoms with Crippen LogP contribution in [-0.2, 0) is 17.6 Å². The molecule has 1 aliphatic rings. The number of hydrogen-bond donors (Lipinski definition) is 0. The van der Waals surface area contributed by atoms with Crippen molar-refractivity contribution in [3.8, 4) is 11.4 Å². The van der Waals surface area contributed by atoms with E-state index in [2.05, 4.69) is 0 Å². The number of nitrogens with zero attached hydrogens (tertiary/aromatic N) is 2. The fourth-order valence-electron chi connectivity index (χ4n) is 3.61. The number of Topliss-reactive ketones (excluding diaryl/α,β-unsaturated/α-hetero) is 1. The largest absolute Gasteiger partial charge is 0.497 e. The van der Waals surface area contributed by atoms with Gasteiger partial charge in [0.25, 0.3) is 5.56 Å². The topological polar surface area (TPSA) is 61.2 Å². The number of rotatable bonds is 5. The minimum atomic E-state index is -0.430. The zero-order valence-electron chi connectivity index (χ0n) is 17.8. The van der Waals surface area contributed by atoms with Crippen LogP contribution in [0.2, 0.25) is 0 Å². The van der Waals surface area contributed by atoms with Crippen LogP contribution in [0.25, 0.3) is 15.9 Å². The van der Waals surface area contributed by atoms with Gasteiger partial charge in [0.1, 0.15) is 16.4 Å². The second-order valence-electron chi connectivity index (χ2n) is 8.59. The highest BCUT2D eigenvalue weighted by atomic mass is 32.2. The number of ketones is 1. The molecule has 4 rings (SSSR count). The van der Waals surface area contributed by atoms with E-state index in [1.807, 2.05) is 45.0 Å². The van der Waals surface area contributed by atoms with Crippen LogP contribution in [0.3, 0.4) is 0 Å². The molecule has 1 aliphatic carbocycles. The normalized spacial score (nSPS) is 14.0. The van der Waals surface area contributed by atoms with Gasteiger partial charge in [0.2, 0.25) is 0 Å². The number of hydrogen-bond acceptors (Lipinski definition) is 6. The summed E-state index contributed by atoms with van der Waals surface area (Å²) in [6.45, 7) is 5.74. The van der Waals surface area contributed by atoms with E-state index in [0.717, 1.165) is 41.5 Å². The Kier molecular flexibility index (Phi) is 5.77. The van der Waals surface area contributed by atoms with Gasteiger partial charge in [-0.2, -0.15) is 0 Å². The number of thioether (sulfide) groups is 1. The lowest BCUT2D eigenvalue weighted by Gasteiger charge is -2.17. The van der Waals surface area contributed by atoms with E-state index in [9.17, 15) is 9.59 Å². The Hall–Kier alpha value is -2.12. The second kappa shape index (κ2) is 8.19. The van der Waals surface area contributed by atoms with Gasteiger partial charge in [0.15, 0.2) is 5.16 Å². The van der Waals surface area contributed by atoms with Crippen LogP contribution in [0.5, 0.6) is 5.75 Å². The Morgan fingerprint density at radius 3 is 2.77 bits per heavy atom.